The molecule has 3 rings (SSSR count). The lowest BCUT2D eigenvalue weighted by atomic mass is 10.1. The van der Waals surface area contributed by atoms with Crippen LogP contribution in [0.15, 0.2) is 30.6 Å². The van der Waals surface area contributed by atoms with Crippen molar-refractivity contribution >= 4 is 22.4 Å². The fraction of sp³-hybridized carbons (Fsp3) is 0.263. The number of phenolic OH excluding ortho intramolecular Hbond substituents is 1. The van der Waals surface area contributed by atoms with Crippen LogP contribution >= 0.6 is 0 Å². The molecule has 0 saturated heterocycles. The molecule has 7 nitrogen and oxygen atoms in total. The van der Waals surface area contributed by atoms with Crippen LogP contribution < -0.4 is 20.5 Å². The zero-order valence-electron chi connectivity index (χ0n) is 15.1. The number of nitrogens with two attached hydrogens (primary N) is 1. The molecule has 1 heterocycles. The first kappa shape index (κ1) is 18.7. The van der Waals surface area contributed by atoms with Crippen molar-refractivity contribution in [3.05, 3.63) is 42.0 Å². The fourth-order valence-corrected chi connectivity index (χ4v) is 2.64. The van der Waals surface area contributed by atoms with Gasteiger partial charge in [-0.3, -0.25) is 0 Å². The minimum Gasteiger partial charge on any atom is -0.508 e. The molecule has 3 aromatic rings. The zero-order chi connectivity index (χ0) is 19.4. The summed E-state index contributed by atoms with van der Waals surface area (Å²) in [6.45, 7) is 2.61. The van der Waals surface area contributed by atoms with Crippen molar-refractivity contribution in [1.29, 1.82) is 0 Å². The Labute approximate surface area is 156 Å². The molecule has 0 unspecified atom stereocenters. The van der Waals surface area contributed by atoms with Crippen molar-refractivity contribution in [2.75, 3.05) is 25.6 Å². The van der Waals surface area contributed by atoms with E-state index < -0.39 is 5.82 Å². The number of phenols is 1. The van der Waals surface area contributed by atoms with Gasteiger partial charge in [0, 0.05) is 17.0 Å². The number of methoxy groups -OCH3 is 1. The summed E-state index contributed by atoms with van der Waals surface area (Å²) in [6.07, 6.45) is 2.09. The zero-order valence-corrected chi connectivity index (χ0v) is 15.1. The molecule has 0 spiro atoms. The second-order valence-electron chi connectivity index (χ2n) is 5.92. The normalized spacial score (nSPS) is 10.8. The maximum absolute atomic E-state index is 14.2. The van der Waals surface area contributed by atoms with E-state index in [-0.39, 0.29) is 11.4 Å². The summed E-state index contributed by atoms with van der Waals surface area (Å²) in [5.41, 5.74) is 6.63. The topological polar surface area (TPSA) is 103 Å². The number of ether oxygens (including phenoxy) is 2. The molecule has 0 fully saturated rings. The molecule has 142 valence electrons. The van der Waals surface area contributed by atoms with Crippen LogP contribution in [0, 0.1) is 12.7 Å². The number of hydrogen-bond acceptors (Lipinski definition) is 7. The molecule has 0 radical (unpaired) electrons. The molecule has 0 amide bonds. The Kier molecular flexibility index (Phi) is 5.56. The van der Waals surface area contributed by atoms with E-state index in [1.54, 1.807) is 19.1 Å². The second-order valence-corrected chi connectivity index (χ2v) is 5.92. The van der Waals surface area contributed by atoms with Gasteiger partial charge in [0.1, 0.15) is 23.7 Å². The van der Waals surface area contributed by atoms with Gasteiger partial charge in [-0.15, -0.1) is 0 Å². The maximum atomic E-state index is 14.2. The average molecular weight is 372 g/mol. The number of anilines is 2. The summed E-state index contributed by atoms with van der Waals surface area (Å²) in [4.78, 5) is 8.47. The molecule has 8 heteroatoms. The third-order valence-corrected chi connectivity index (χ3v) is 4.16. The Morgan fingerprint density at radius 1 is 1.22 bits per heavy atom. The Balaban J connectivity index is 2.03. The molecule has 0 aliphatic rings. The third kappa shape index (κ3) is 3.85. The van der Waals surface area contributed by atoms with Crippen molar-refractivity contribution < 1.29 is 19.0 Å². The number of hydrogen-bond donors (Lipinski definition) is 3. The molecular formula is C19H21FN4O3. The van der Waals surface area contributed by atoms with Crippen LogP contribution in [0.25, 0.3) is 10.9 Å². The lowest BCUT2D eigenvalue weighted by Crippen LogP contribution is -2.07. The standard InChI is InChI=1S/C19H21FN4O3/c1-11-15(25)5-4-13(20)18(11)24-19-12-8-16(26-2)17(27-7-3-6-21)9-14(12)22-10-23-19/h4-5,8-10,25H,3,6-7,21H2,1-2H3,(H,22,23,24). The maximum Gasteiger partial charge on any atom is 0.163 e. The molecule has 1 aromatic heterocycles. The first-order chi connectivity index (χ1) is 13.0. The summed E-state index contributed by atoms with van der Waals surface area (Å²) in [5.74, 6) is 0.934. The van der Waals surface area contributed by atoms with Crippen LogP contribution in [0.2, 0.25) is 0 Å². The van der Waals surface area contributed by atoms with Gasteiger partial charge < -0.3 is 25.6 Å². The van der Waals surface area contributed by atoms with E-state index in [9.17, 15) is 9.50 Å². The van der Waals surface area contributed by atoms with Gasteiger partial charge in [0.05, 0.1) is 24.9 Å². The molecule has 0 atom stereocenters. The van der Waals surface area contributed by atoms with Gasteiger partial charge in [-0.25, -0.2) is 14.4 Å². The van der Waals surface area contributed by atoms with Crippen molar-refractivity contribution in [3.8, 4) is 17.2 Å². The van der Waals surface area contributed by atoms with E-state index in [4.69, 9.17) is 15.2 Å². The minimum absolute atomic E-state index is 0.00886. The molecule has 4 N–H and O–H groups in total. The van der Waals surface area contributed by atoms with Gasteiger partial charge in [-0.2, -0.15) is 0 Å². The largest absolute Gasteiger partial charge is 0.508 e. The van der Waals surface area contributed by atoms with E-state index in [0.29, 0.717) is 53.4 Å². The number of aromatic nitrogens is 2. The highest BCUT2D eigenvalue weighted by Crippen LogP contribution is 2.36. The second kappa shape index (κ2) is 8.05. The van der Waals surface area contributed by atoms with Crippen molar-refractivity contribution in [1.82, 2.24) is 9.97 Å². The van der Waals surface area contributed by atoms with Crippen molar-refractivity contribution in [3.63, 3.8) is 0 Å². The number of aromatic hydroxyl groups is 1. The molecule has 0 aliphatic carbocycles. The quantitative estimate of drug-likeness (QED) is 0.547. The van der Waals surface area contributed by atoms with E-state index >= 15 is 0 Å². The molecule has 0 aliphatic heterocycles. The van der Waals surface area contributed by atoms with Crippen LogP contribution in [0.1, 0.15) is 12.0 Å². The molecule has 27 heavy (non-hydrogen) atoms. The minimum atomic E-state index is -0.495. The third-order valence-electron chi connectivity index (χ3n) is 4.16. The summed E-state index contributed by atoms with van der Waals surface area (Å²) >= 11 is 0. The van der Waals surface area contributed by atoms with Crippen LogP contribution in [0.5, 0.6) is 17.2 Å². The predicted octanol–water partition coefficient (Wildman–Crippen LogP) is 3.26. The number of nitrogens with zero attached hydrogens (tertiary/aromatic N) is 2. The van der Waals surface area contributed by atoms with Crippen LogP contribution in [0.3, 0.4) is 0 Å². The predicted molar refractivity (Wildman–Crippen MR) is 101 cm³/mol. The summed E-state index contributed by atoms with van der Waals surface area (Å²) < 4.78 is 25.3. The monoisotopic (exact) mass is 372 g/mol. The van der Waals surface area contributed by atoms with Crippen molar-refractivity contribution in [2.24, 2.45) is 5.73 Å². The van der Waals surface area contributed by atoms with E-state index in [1.807, 2.05) is 0 Å². The first-order valence-electron chi connectivity index (χ1n) is 8.46. The Bertz CT molecular complexity index is 965. The Morgan fingerprint density at radius 2 is 2.04 bits per heavy atom. The summed E-state index contributed by atoms with van der Waals surface area (Å²) in [7, 11) is 1.53. The lowest BCUT2D eigenvalue weighted by molar-refractivity contribution is 0.292. The van der Waals surface area contributed by atoms with Crippen LogP contribution in [-0.4, -0.2) is 35.3 Å². The van der Waals surface area contributed by atoms with Gasteiger partial charge in [-0.05, 0) is 38.1 Å². The Hall–Kier alpha value is -3.13. The smallest absolute Gasteiger partial charge is 0.163 e. The number of rotatable bonds is 7. The highest BCUT2D eigenvalue weighted by Gasteiger charge is 2.15. The number of benzene rings is 2. The highest BCUT2D eigenvalue weighted by molar-refractivity contribution is 5.93. The highest BCUT2D eigenvalue weighted by atomic mass is 19.1. The van der Waals surface area contributed by atoms with Gasteiger partial charge in [0.2, 0.25) is 0 Å². The molecule has 0 bridgehead atoms. The molecule has 2 aromatic carbocycles. The average Bonchev–Trinajstić information content (AvgIpc) is 2.68. The Morgan fingerprint density at radius 3 is 2.78 bits per heavy atom. The number of nitrogens with one attached hydrogen (secondary N) is 1. The van der Waals surface area contributed by atoms with E-state index in [0.717, 1.165) is 0 Å². The summed E-state index contributed by atoms with van der Waals surface area (Å²) in [6, 6.07) is 5.97. The lowest BCUT2D eigenvalue weighted by Gasteiger charge is -2.15. The summed E-state index contributed by atoms with van der Waals surface area (Å²) in [5, 5.41) is 13.4. The SMILES string of the molecule is COc1cc2c(Nc3c(F)ccc(O)c3C)ncnc2cc1OCCCN. The van der Waals surface area contributed by atoms with E-state index in [1.165, 1.54) is 25.6 Å². The van der Waals surface area contributed by atoms with Gasteiger partial charge >= 0.3 is 0 Å². The fourth-order valence-electron chi connectivity index (χ4n) is 2.64. The molecule has 0 saturated carbocycles. The van der Waals surface area contributed by atoms with Gasteiger partial charge in [-0.1, -0.05) is 0 Å². The van der Waals surface area contributed by atoms with Crippen LogP contribution in [0.4, 0.5) is 15.9 Å². The van der Waals surface area contributed by atoms with Crippen LogP contribution in [-0.2, 0) is 0 Å². The van der Waals surface area contributed by atoms with Gasteiger partial charge in [0.15, 0.2) is 11.5 Å². The number of fused-ring (bicyclic) bond motifs is 1. The first-order valence-corrected chi connectivity index (χ1v) is 8.46. The van der Waals surface area contributed by atoms with E-state index in [2.05, 4.69) is 15.3 Å². The van der Waals surface area contributed by atoms with Gasteiger partial charge in [0.25, 0.3) is 0 Å². The van der Waals surface area contributed by atoms with Crippen molar-refractivity contribution in [2.45, 2.75) is 13.3 Å². The molecular weight excluding hydrogens is 351 g/mol. The number of halogens is 1.